The molecule has 3 atom stereocenters. The molecule has 0 aromatic carbocycles. The first-order chi connectivity index (χ1) is 16.6. The molecule has 0 aromatic rings. The van der Waals surface area contributed by atoms with E-state index in [0.29, 0.717) is 44.7 Å². The van der Waals surface area contributed by atoms with Crippen molar-refractivity contribution in [2.24, 2.45) is 0 Å². The first-order valence-electron chi connectivity index (χ1n) is 12.0. The van der Waals surface area contributed by atoms with Crippen LogP contribution in [0.15, 0.2) is 0 Å². The molecule has 0 spiro atoms. The van der Waals surface area contributed by atoms with E-state index in [-0.39, 0.29) is 26.3 Å². The molecule has 14 heteroatoms. The van der Waals surface area contributed by atoms with Crippen LogP contribution in [0.2, 0.25) is 12.1 Å². The summed E-state index contributed by atoms with van der Waals surface area (Å²) in [6.07, 6.45) is -0.794. The number of ether oxygens (including phenoxy) is 2. The Balaban J connectivity index is 4.32. The van der Waals surface area contributed by atoms with Crippen molar-refractivity contribution in [3.63, 3.8) is 0 Å². The zero-order valence-corrected chi connectivity index (χ0v) is 24.8. The molecule has 0 fully saturated rings. The molecule has 3 N–H and O–H groups in total. The molecule has 0 saturated heterocycles. The smallest absolute Gasteiger partial charge is 0.0272 e. The van der Waals surface area contributed by atoms with Gasteiger partial charge in [-0.3, -0.25) is 0 Å². The van der Waals surface area contributed by atoms with Gasteiger partial charge in [-0.1, -0.05) is 0 Å². The molecule has 3 unspecified atom stereocenters. The van der Waals surface area contributed by atoms with Crippen molar-refractivity contribution in [2.45, 2.75) is 50.2 Å². The van der Waals surface area contributed by atoms with E-state index in [1.165, 1.54) is 0 Å². The van der Waals surface area contributed by atoms with Crippen LogP contribution in [0.3, 0.4) is 0 Å². The molecule has 0 saturated carbocycles. The maximum atomic E-state index is 10.4. The first kappa shape index (κ1) is 35.0. The Bertz CT molecular complexity index is 445. The normalized spacial score (nSPS) is 16.0. The monoisotopic (exact) mass is 548 g/mol. The molecule has 0 aliphatic heterocycles. The van der Waals surface area contributed by atoms with Gasteiger partial charge in [-0.25, -0.2) is 0 Å². The molecule has 0 heterocycles. The van der Waals surface area contributed by atoms with Gasteiger partial charge >= 0.3 is 159 Å². The van der Waals surface area contributed by atoms with Crippen molar-refractivity contribution in [1.29, 1.82) is 0 Å². The van der Waals surface area contributed by atoms with Gasteiger partial charge in [0.15, 0.2) is 0 Å². The third-order valence-corrected chi connectivity index (χ3v) is 11.8. The van der Waals surface area contributed by atoms with Gasteiger partial charge in [0.2, 0.25) is 0 Å². The molecule has 0 radical (unpaired) electrons. The summed E-state index contributed by atoms with van der Waals surface area (Å²) in [5, 5.41) is 30.6. The predicted molar refractivity (Wildman–Crippen MR) is 136 cm³/mol. The fourth-order valence-corrected chi connectivity index (χ4v) is 7.40. The maximum absolute atomic E-state index is 10.4. The van der Waals surface area contributed by atoms with Gasteiger partial charge in [0, 0.05) is 34.0 Å². The minimum absolute atomic E-state index is 0.134. The van der Waals surface area contributed by atoms with Crippen molar-refractivity contribution in [2.75, 3.05) is 88.7 Å². The average Bonchev–Trinajstić information content (AvgIpc) is 2.84. The maximum Gasteiger partial charge on any atom is 0.0272 e. The van der Waals surface area contributed by atoms with E-state index in [1.807, 2.05) is 0 Å². The van der Waals surface area contributed by atoms with Gasteiger partial charge < -0.3 is 13.3 Å². The van der Waals surface area contributed by atoms with Crippen LogP contribution in [-0.2, 0) is 36.0 Å². The Labute approximate surface area is 213 Å². The standard InChI is InChI=1S/C21H50NO11Si2/c1-19(23)14-22(15-20(24)17-32-10-8-12-34(26-2,27-3)28-4)16-21(25)18-33-11-9-13-35(29-5,30-6)31-7/h19-21,23-25,34H,8-18H2,1-7H3/q-1. The Hall–Kier alpha value is -0.0462. The largest absolute Gasteiger partial charge is 0.377 e. The van der Waals surface area contributed by atoms with Crippen molar-refractivity contribution in [3.05, 3.63) is 0 Å². The van der Waals surface area contributed by atoms with Crippen LogP contribution in [-0.4, -0.2) is 145 Å². The first-order valence-corrected chi connectivity index (χ1v) is 16.2. The summed E-state index contributed by atoms with van der Waals surface area (Å²) in [7, 11) is 3.88. The summed E-state index contributed by atoms with van der Waals surface area (Å²) in [4.78, 5) is 1.80. The topological polar surface area (TPSA) is 138 Å². The minimum Gasteiger partial charge on any atom is -0.377 e. The van der Waals surface area contributed by atoms with E-state index in [2.05, 4.69) is 0 Å². The van der Waals surface area contributed by atoms with Gasteiger partial charge in [-0.15, -0.1) is 0 Å². The summed E-state index contributed by atoms with van der Waals surface area (Å²) < 4.78 is 43.5. The Morgan fingerprint density at radius 2 is 1.17 bits per heavy atom. The molecule has 12 nitrogen and oxygen atoms in total. The number of nitrogens with zero attached hydrogens (tertiary/aromatic N) is 1. The van der Waals surface area contributed by atoms with E-state index < -0.39 is 35.9 Å². The molecular weight excluding hydrogens is 498 g/mol. The average molecular weight is 549 g/mol. The van der Waals surface area contributed by atoms with E-state index in [9.17, 15) is 15.3 Å². The van der Waals surface area contributed by atoms with Crippen LogP contribution in [0, 0.1) is 0 Å². The molecular formula is C21H50NO11Si2-. The molecule has 0 aliphatic rings. The van der Waals surface area contributed by atoms with E-state index in [0.717, 1.165) is 0 Å². The molecule has 0 rings (SSSR count). The molecule has 0 aromatic heterocycles. The quantitative estimate of drug-likeness (QED) is 0.108. The van der Waals surface area contributed by atoms with Crippen LogP contribution in [0.5, 0.6) is 0 Å². The van der Waals surface area contributed by atoms with E-state index in [4.69, 9.17) is 36.0 Å². The van der Waals surface area contributed by atoms with E-state index in [1.54, 1.807) is 54.5 Å². The second-order valence-corrected chi connectivity index (χ2v) is 15.2. The van der Waals surface area contributed by atoms with Crippen molar-refractivity contribution in [3.8, 4) is 0 Å². The Morgan fingerprint density at radius 3 is 1.57 bits per heavy atom. The second kappa shape index (κ2) is 20.0. The number of aliphatic hydroxyl groups is 3. The number of rotatable bonds is 24. The summed E-state index contributed by atoms with van der Waals surface area (Å²) in [5.74, 6) is 0. The van der Waals surface area contributed by atoms with Crippen molar-refractivity contribution < 1.29 is 51.3 Å². The molecule has 0 bridgehead atoms. The zero-order valence-electron chi connectivity index (χ0n) is 22.6. The number of aliphatic hydroxyl groups excluding tert-OH is 3. The van der Waals surface area contributed by atoms with Crippen molar-refractivity contribution in [1.82, 2.24) is 4.90 Å². The Kier molecular flexibility index (Phi) is 20.0. The minimum atomic E-state index is -2.93. The van der Waals surface area contributed by atoms with Gasteiger partial charge in [0.25, 0.3) is 0 Å². The molecule has 0 aliphatic carbocycles. The molecule has 0 amide bonds. The van der Waals surface area contributed by atoms with Crippen LogP contribution < -0.4 is 0 Å². The van der Waals surface area contributed by atoms with Gasteiger partial charge in [-0.2, -0.15) is 0 Å². The van der Waals surface area contributed by atoms with Crippen LogP contribution >= 0.6 is 0 Å². The Morgan fingerprint density at radius 1 is 0.714 bits per heavy atom. The summed E-state index contributed by atoms with van der Waals surface area (Å²) >= 11 is 0. The predicted octanol–water partition coefficient (Wildman–Crippen LogP) is -0.307. The van der Waals surface area contributed by atoms with Gasteiger partial charge in [0.1, 0.15) is 0 Å². The van der Waals surface area contributed by atoms with Crippen LogP contribution in [0.4, 0.5) is 0 Å². The van der Waals surface area contributed by atoms with Gasteiger partial charge in [0.05, 0.1) is 0 Å². The van der Waals surface area contributed by atoms with Crippen LogP contribution in [0.1, 0.15) is 19.8 Å². The number of hydrogen-bond donors (Lipinski definition) is 3. The number of hydrogen-bond acceptors (Lipinski definition) is 12. The third kappa shape index (κ3) is 15.1. The van der Waals surface area contributed by atoms with E-state index >= 15 is 0 Å². The fraction of sp³-hybridized carbons (Fsp3) is 1.00. The van der Waals surface area contributed by atoms with Gasteiger partial charge in [-0.05, 0) is 6.42 Å². The zero-order chi connectivity index (χ0) is 26.7. The summed E-state index contributed by atoms with van der Waals surface area (Å²) in [6.45, 7) is 3.60. The molecule has 214 valence electrons. The molecule has 35 heavy (non-hydrogen) atoms. The second-order valence-electron chi connectivity index (χ2n) is 8.56. The van der Waals surface area contributed by atoms with Crippen molar-refractivity contribution >= 4 is 17.6 Å². The summed E-state index contributed by atoms with van der Waals surface area (Å²) in [5.41, 5.74) is 0. The third-order valence-electron chi connectivity index (χ3n) is 5.71. The summed E-state index contributed by atoms with van der Waals surface area (Å²) in [6, 6.07) is 1.25. The fourth-order valence-electron chi connectivity index (χ4n) is 3.76. The van der Waals surface area contributed by atoms with Crippen LogP contribution in [0.25, 0.3) is 0 Å². The SMILES string of the molecule is CO[Si](CCCOCC(O)CN(CC(C)O)CC(O)COCCC[SiH-](OC)(OC)OC)(OC)OC.